The fraction of sp³-hybridized carbons (Fsp3) is 0.278. The van der Waals surface area contributed by atoms with Crippen LogP contribution in [0.15, 0.2) is 42.5 Å². The highest BCUT2D eigenvalue weighted by atomic mass is 127. The number of alkyl carbamates (subject to hydrolysis) is 1. The zero-order chi connectivity index (χ0) is 19.1. The van der Waals surface area contributed by atoms with E-state index in [1.165, 1.54) is 19.2 Å². The minimum Gasteiger partial charge on any atom is -0.504 e. The van der Waals surface area contributed by atoms with Gasteiger partial charge >= 0.3 is 6.09 Å². The Hall–Kier alpha value is -2.04. The van der Waals surface area contributed by atoms with Gasteiger partial charge in [-0.15, -0.1) is 0 Å². The number of aliphatic hydroxyl groups is 2. The Labute approximate surface area is 164 Å². The van der Waals surface area contributed by atoms with Crippen LogP contribution < -0.4 is 10.1 Å². The van der Waals surface area contributed by atoms with Crippen LogP contribution in [-0.2, 0) is 11.3 Å². The number of nitrogens with one attached hydrogen (secondary N) is 1. The van der Waals surface area contributed by atoms with Crippen LogP contribution in [0.25, 0.3) is 0 Å². The number of phenolic OH excluding ortho intramolecular Hbond substituents is 1. The molecular weight excluding hydrogens is 453 g/mol. The van der Waals surface area contributed by atoms with Gasteiger partial charge < -0.3 is 30.1 Å². The predicted molar refractivity (Wildman–Crippen MR) is 103 cm³/mol. The number of phenols is 1. The molecule has 2 aromatic carbocycles. The van der Waals surface area contributed by atoms with Crippen LogP contribution in [0.4, 0.5) is 4.79 Å². The van der Waals surface area contributed by atoms with Gasteiger partial charge in [-0.05, 0) is 45.9 Å². The van der Waals surface area contributed by atoms with E-state index in [4.69, 9.17) is 9.47 Å². The molecule has 0 radical (unpaired) electrons. The number of aromatic hydroxyl groups is 1. The molecule has 140 valence electrons. The fourth-order valence-corrected chi connectivity index (χ4v) is 2.84. The van der Waals surface area contributed by atoms with E-state index in [9.17, 15) is 20.1 Å². The maximum atomic E-state index is 11.7. The molecule has 2 rings (SSSR count). The summed E-state index contributed by atoms with van der Waals surface area (Å²) in [5.41, 5.74) is 1.20. The molecule has 0 saturated carbocycles. The van der Waals surface area contributed by atoms with E-state index in [0.29, 0.717) is 9.13 Å². The lowest BCUT2D eigenvalue weighted by atomic mass is 10.0. The molecule has 0 aliphatic carbocycles. The lowest BCUT2D eigenvalue weighted by Crippen LogP contribution is -2.35. The van der Waals surface area contributed by atoms with Crippen molar-refractivity contribution in [3.8, 4) is 11.5 Å². The van der Waals surface area contributed by atoms with Crippen molar-refractivity contribution in [2.75, 3.05) is 13.7 Å². The topological polar surface area (TPSA) is 108 Å². The van der Waals surface area contributed by atoms with Crippen molar-refractivity contribution in [2.45, 2.75) is 18.8 Å². The lowest BCUT2D eigenvalue weighted by molar-refractivity contribution is 0.0182. The Morgan fingerprint density at radius 1 is 1.23 bits per heavy atom. The largest absolute Gasteiger partial charge is 0.504 e. The lowest BCUT2D eigenvalue weighted by Gasteiger charge is -2.20. The predicted octanol–water partition coefficient (Wildman–Crippen LogP) is 2.33. The number of amides is 1. The average Bonchev–Trinajstić information content (AvgIpc) is 2.66. The van der Waals surface area contributed by atoms with E-state index in [1.807, 2.05) is 52.9 Å². The Kier molecular flexibility index (Phi) is 7.49. The number of carbonyl (C=O) groups excluding carboxylic acids is 1. The summed E-state index contributed by atoms with van der Waals surface area (Å²) in [6, 6.07) is 12.1. The molecule has 2 unspecified atom stereocenters. The molecule has 0 aromatic heterocycles. The molecule has 8 heteroatoms. The number of hydrogen-bond donors (Lipinski definition) is 4. The number of ether oxygens (including phenoxy) is 2. The number of methoxy groups -OCH3 is 1. The molecular formula is C18H20INO6. The van der Waals surface area contributed by atoms with Crippen LogP contribution in [0, 0.1) is 3.57 Å². The summed E-state index contributed by atoms with van der Waals surface area (Å²) in [7, 11) is 1.39. The first kappa shape index (κ1) is 20.3. The molecule has 26 heavy (non-hydrogen) atoms. The van der Waals surface area contributed by atoms with Gasteiger partial charge in [-0.25, -0.2) is 4.79 Å². The van der Waals surface area contributed by atoms with Gasteiger partial charge in [0.25, 0.3) is 0 Å². The van der Waals surface area contributed by atoms with Gasteiger partial charge in [-0.2, -0.15) is 0 Å². The Balaban J connectivity index is 1.88. The zero-order valence-electron chi connectivity index (χ0n) is 14.1. The zero-order valence-corrected chi connectivity index (χ0v) is 16.2. The first-order valence-corrected chi connectivity index (χ1v) is 8.87. The Morgan fingerprint density at radius 2 is 1.92 bits per heavy atom. The smallest absolute Gasteiger partial charge is 0.407 e. The second-order valence-corrected chi connectivity index (χ2v) is 6.67. The van der Waals surface area contributed by atoms with Crippen molar-refractivity contribution < 1.29 is 29.6 Å². The van der Waals surface area contributed by atoms with Gasteiger partial charge in [-0.3, -0.25) is 0 Å². The third-order valence-electron chi connectivity index (χ3n) is 3.64. The number of halogens is 1. The van der Waals surface area contributed by atoms with Gasteiger partial charge in [0.1, 0.15) is 18.8 Å². The molecule has 0 saturated heterocycles. The maximum absolute atomic E-state index is 11.7. The van der Waals surface area contributed by atoms with Gasteiger partial charge in [0.2, 0.25) is 0 Å². The highest BCUT2D eigenvalue weighted by molar-refractivity contribution is 14.1. The highest BCUT2D eigenvalue weighted by Gasteiger charge is 2.22. The van der Waals surface area contributed by atoms with Crippen LogP contribution >= 0.6 is 22.6 Å². The van der Waals surface area contributed by atoms with Gasteiger partial charge in [-0.1, -0.05) is 30.3 Å². The average molecular weight is 473 g/mol. The number of carbonyl (C=O) groups is 1. The number of benzene rings is 2. The molecule has 0 aliphatic rings. The van der Waals surface area contributed by atoms with Gasteiger partial charge in [0, 0.05) is 6.54 Å². The molecule has 0 heterocycles. The van der Waals surface area contributed by atoms with Crippen molar-refractivity contribution in [3.63, 3.8) is 0 Å². The third kappa shape index (κ3) is 5.48. The Bertz CT molecular complexity index is 740. The highest BCUT2D eigenvalue weighted by Crippen LogP contribution is 2.34. The molecule has 0 spiro atoms. The van der Waals surface area contributed by atoms with E-state index >= 15 is 0 Å². The van der Waals surface area contributed by atoms with Crippen molar-refractivity contribution in [3.05, 3.63) is 57.2 Å². The first-order valence-electron chi connectivity index (χ1n) is 7.79. The summed E-state index contributed by atoms with van der Waals surface area (Å²) in [6.45, 7) is -0.0900. The van der Waals surface area contributed by atoms with Gasteiger partial charge in [0.15, 0.2) is 11.5 Å². The normalized spacial score (nSPS) is 12.9. The maximum Gasteiger partial charge on any atom is 0.407 e. The molecule has 4 N–H and O–H groups in total. The summed E-state index contributed by atoms with van der Waals surface area (Å²) in [4.78, 5) is 11.7. The summed E-state index contributed by atoms with van der Waals surface area (Å²) >= 11 is 1.89. The third-order valence-corrected chi connectivity index (χ3v) is 4.47. The quantitative estimate of drug-likeness (QED) is 0.460. The SMILES string of the molecule is COc1cc(C(O)C(O)CNC(=O)OCc2ccccc2)cc(I)c1O. The molecule has 1 amide bonds. The van der Waals surface area contributed by atoms with Crippen molar-refractivity contribution in [2.24, 2.45) is 0 Å². The van der Waals surface area contributed by atoms with Crippen molar-refractivity contribution in [1.82, 2.24) is 5.32 Å². The molecule has 2 aromatic rings. The van der Waals surface area contributed by atoms with Crippen LogP contribution in [0.5, 0.6) is 11.5 Å². The second kappa shape index (κ2) is 9.60. The summed E-state index contributed by atoms with van der Waals surface area (Å²) in [6.07, 6.45) is -3.23. The minimum absolute atomic E-state index is 0.0406. The molecule has 0 bridgehead atoms. The fourth-order valence-electron chi connectivity index (χ4n) is 2.22. The monoisotopic (exact) mass is 473 g/mol. The Morgan fingerprint density at radius 3 is 2.58 bits per heavy atom. The van der Waals surface area contributed by atoms with Crippen molar-refractivity contribution in [1.29, 1.82) is 0 Å². The van der Waals surface area contributed by atoms with Crippen molar-refractivity contribution >= 4 is 28.7 Å². The van der Waals surface area contributed by atoms with Gasteiger partial charge in [0.05, 0.1) is 10.7 Å². The standard InChI is InChI=1S/C18H20INO6/c1-25-15-8-12(7-13(19)17(15)23)16(22)14(21)9-20-18(24)26-10-11-5-3-2-4-6-11/h2-8,14,16,21-23H,9-10H2,1H3,(H,20,24). The minimum atomic E-state index is -1.27. The van der Waals surface area contributed by atoms with E-state index in [0.717, 1.165) is 5.56 Å². The summed E-state index contributed by atoms with van der Waals surface area (Å²) < 4.78 is 10.5. The van der Waals surface area contributed by atoms with Crippen LogP contribution in [0.1, 0.15) is 17.2 Å². The summed E-state index contributed by atoms with van der Waals surface area (Å²) in [5.74, 6) is 0.148. The van der Waals surface area contributed by atoms with E-state index < -0.39 is 18.3 Å². The molecule has 0 fully saturated rings. The van der Waals surface area contributed by atoms with Crippen LogP contribution in [-0.4, -0.2) is 41.2 Å². The number of rotatable bonds is 7. The molecule has 2 atom stereocenters. The first-order chi connectivity index (χ1) is 12.4. The van der Waals surface area contributed by atoms with E-state index in [2.05, 4.69) is 5.32 Å². The van der Waals surface area contributed by atoms with E-state index in [-0.39, 0.29) is 24.7 Å². The van der Waals surface area contributed by atoms with Crippen LogP contribution in [0.3, 0.4) is 0 Å². The van der Waals surface area contributed by atoms with Crippen LogP contribution in [0.2, 0.25) is 0 Å². The van der Waals surface area contributed by atoms with E-state index in [1.54, 1.807) is 0 Å². The molecule has 0 aliphatic heterocycles. The number of hydrogen-bond acceptors (Lipinski definition) is 6. The molecule has 7 nitrogen and oxygen atoms in total. The second-order valence-electron chi connectivity index (χ2n) is 5.51. The number of aliphatic hydroxyl groups excluding tert-OH is 2. The summed E-state index contributed by atoms with van der Waals surface area (Å²) in [5, 5.41) is 32.6.